The number of pyridine rings is 1. The molecule has 0 aliphatic rings. The SMILES string of the molecule is Cc1ccc2ccc(C(Nc3ccccc3F)c3cccc(F)c3)c(O)c2n1. The summed E-state index contributed by atoms with van der Waals surface area (Å²) in [5.41, 5.74) is 2.53. The van der Waals surface area contributed by atoms with Gasteiger partial charge in [-0.2, -0.15) is 0 Å². The van der Waals surface area contributed by atoms with Gasteiger partial charge in [0.1, 0.15) is 22.9 Å². The summed E-state index contributed by atoms with van der Waals surface area (Å²) in [4.78, 5) is 4.43. The third-order valence-corrected chi connectivity index (χ3v) is 4.67. The molecule has 4 rings (SSSR count). The summed E-state index contributed by atoms with van der Waals surface area (Å²) in [5, 5.41) is 14.8. The summed E-state index contributed by atoms with van der Waals surface area (Å²) in [5.74, 6) is -0.857. The van der Waals surface area contributed by atoms with E-state index in [9.17, 15) is 13.9 Å². The van der Waals surface area contributed by atoms with Crippen molar-refractivity contribution in [2.24, 2.45) is 0 Å². The first-order chi connectivity index (χ1) is 13.5. The van der Waals surface area contributed by atoms with Gasteiger partial charge in [0.2, 0.25) is 0 Å². The van der Waals surface area contributed by atoms with Crippen LogP contribution in [0.1, 0.15) is 22.9 Å². The van der Waals surface area contributed by atoms with Crippen molar-refractivity contribution in [3.63, 3.8) is 0 Å². The van der Waals surface area contributed by atoms with Crippen LogP contribution in [0.4, 0.5) is 14.5 Å². The van der Waals surface area contributed by atoms with Crippen molar-refractivity contribution in [3.05, 3.63) is 101 Å². The fourth-order valence-electron chi connectivity index (χ4n) is 3.28. The Labute approximate surface area is 161 Å². The second-order valence-electron chi connectivity index (χ2n) is 6.64. The van der Waals surface area contributed by atoms with Crippen LogP contribution in [0.5, 0.6) is 5.75 Å². The Morgan fingerprint density at radius 1 is 0.929 bits per heavy atom. The van der Waals surface area contributed by atoms with Crippen molar-refractivity contribution < 1.29 is 13.9 Å². The van der Waals surface area contributed by atoms with Crippen molar-refractivity contribution in [2.45, 2.75) is 13.0 Å². The number of phenols is 1. The molecule has 1 heterocycles. The number of aromatic nitrogens is 1. The van der Waals surface area contributed by atoms with Gasteiger partial charge in [-0.25, -0.2) is 13.8 Å². The van der Waals surface area contributed by atoms with E-state index in [-0.39, 0.29) is 11.4 Å². The Morgan fingerprint density at radius 3 is 2.50 bits per heavy atom. The number of benzene rings is 3. The minimum Gasteiger partial charge on any atom is -0.505 e. The van der Waals surface area contributed by atoms with E-state index in [0.29, 0.717) is 16.6 Å². The molecule has 1 unspecified atom stereocenters. The highest BCUT2D eigenvalue weighted by atomic mass is 19.1. The van der Waals surface area contributed by atoms with E-state index in [1.807, 2.05) is 25.1 Å². The third kappa shape index (κ3) is 3.39. The number of nitrogens with one attached hydrogen (secondary N) is 1. The maximum atomic E-state index is 14.3. The molecule has 28 heavy (non-hydrogen) atoms. The molecule has 0 bridgehead atoms. The molecule has 0 saturated carbocycles. The van der Waals surface area contributed by atoms with E-state index in [0.717, 1.165) is 11.1 Å². The number of phenolic OH excluding ortho intramolecular Hbond substituents is 1. The molecule has 0 aliphatic carbocycles. The van der Waals surface area contributed by atoms with Crippen molar-refractivity contribution >= 4 is 16.6 Å². The molecule has 0 saturated heterocycles. The average molecular weight is 376 g/mol. The number of halogens is 2. The summed E-state index contributed by atoms with van der Waals surface area (Å²) in [6.07, 6.45) is 0. The van der Waals surface area contributed by atoms with Crippen LogP contribution >= 0.6 is 0 Å². The van der Waals surface area contributed by atoms with Gasteiger partial charge < -0.3 is 10.4 Å². The molecule has 0 spiro atoms. The zero-order valence-corrected chi connectivity index (χ0v) is 15.2. The number of fused-ring (bicyclic) bond motifs is 1. The quantitative estimate of drug-likeness (QED) is 0.478. The van der Waals surface area contributed by atoms with Crippen molar-refractivity contribution in [3.8, 4) is 5.75 Å². The van der Waals surface area contributed by atoms with Crippen LogP contribution in [0.15, 0.2) is 72.8 Å². The summed E-state index contributed by atoms with van der Waals surface area (Å²) < 4.78 is 28.1. The number of para-hydroxylation sites is 1. The maximum absolute atomic E-state index is 14.3. The standard InChI is InChI=1S/C23H18F2N2O/c1-14-9-10-15-11-12-18(23(28)22(15)26-14)21(16-5-4-6-17(24)13-16)27-20-8-3-2-7-19(20)25/h2-13,21,27-28H,1H3. The lowest BCUT2D eigenvalue weighted by molar-refractivity contribution is 0.471. The molecule has 1 atom stereocenters. The van der Waals surface area contributed by atoms with Crippen LogP contribution in [-0.2, 0) is 0 Å². The zero-order chi connectivity index (χ0) is 19.7. The highest BCUT2D eigenvalue weighted by Crippen LogP contribution is 2.37. The molecule has 4 aromatic rings. The van der Waals surface area contributed by atoms with Gasteiger partial charge in [-0.15, -0.1) is 0 Å². The molecule has 3 aromatic carbocycles. The lowest BCUT2D eigenvalue weighted by atomic mass is 9.95. The van der Waals surface area contributed by atoms with Gasteiger partial charge in [0.05, 0.1) is 11.7 Å². The zero-order valence-electron chi connectivity index (χ0n) is 15.2. The normalized spacial score (nSPS) is 12.1. The predicted octanol–water partition coefficient (Wildman–Crippen LogP) is 5.73. The van der Waals surface area contributed by atoms with Gasteiger partial charge >= 0.3 is 0 Å². The van der Waals surface area contributed by atoms with E-state index < -0.39 is 17.7 Å². The van der Waals surface area contributed by atoms with Crippen LogP contribution in [-0.4, -0.2) is 10.1 Å². The van der Waals surface area contributed by atoms with Gasteiger partial charge in [0, 0.05) is 16.6 Å². The monoisotopic (exact) mass is 376 g/mol. The Morgan fingerprint density at radius 2 is 1.71 bits per heavy atom. The van der Waals surface area contributed by atoms with E-state index >= 15 is 0 Å². The largest absolute Gasteiger partial charge is 0.505 e. The van der Waals surface area contributed by atoms with Gasteiger partial charge in [0.15, 0.2) is 0 Å². The summed E-state index contributed by atoms with van der Waals surface area (Å²) in [6.45, 7) is 1.84. The topological polar surface area (TPSA) is 45.1 Å². The minimum atomic E-state index is -0.667. The Kier molecular flexibility index (Phi) is 4.65. The lowest BCUT2D eigenvalue weighted by Crippen LogP contribution is -2.14. The lowest BCUT2D eigenvalue weighted by Gasteiger charge is -2.23. The van der Waals surface area contributed by atoms with Gasteiger partial charge in [-0.05, 0) is 42.8 Å². The molecule has 3 nitrogen and oxygen atoms in total. The molecule has 2 N–H and O–H groups in total. The van der Waals surface area contributed by atoms with Gasteiger partial charge in [0.25, 0.3) is 0 Å². The van der Waals surface area contributed by atoms with Gasteiger partial charge in [-0.3, -0.25) is 0 Å². The molecule has 0 radical (unpaired) electrons. The van der Waals surface area contributed by atoms with Crippen LogP contribution < -0.4 is 5.32 Å². The molecular weight excluding hydrogens is 358 g/mol. The fourth-order valence-corrected chi connectivity index (χ4v) is 3.28. The minimum absolute atomic E-state index is 0.0145. The van der Waals surface area contributed by atoms with Crippen molar-refractivity contribution in [1.29, 1.82) is 0 Å². The molecule has 140 valence electrons. The Bertz CT molecular complexity index is 1160. The smallest absolute Gasteiger partial charge is 0.147 e. The van der Waals surface area contributed by atoms with Gasteiger partial charge in [-0.1, -0.05) is 42.5 Å². The Hall–Kier alpha value is -3.47. The highest BCUT2D eigenvalue weighted by molar-refractivity contribution is 5.86. The maximum Gasteiger partial charge on any atom is 0.147 e. The van der Waals surface area contributed by atoms with Crippen LogP contribution in [0.2, 0.25) is 0 Å². The Balaban J connectivity index is 1.89. The number of rotatable bonds is 4. The number of anilines is 1. The first-order valence-corrected chi connectivity index (χ1v) is 8.88. The number of aryl methyl sites for hydroxylation is 1. The molecule has 1 aromatic heterocycles. The predicted molar refractivity (Wildman–Crippen MR) is 106 cm³/mol. The first kappa shape index (κ1) is 17.9. The second-order valence-corrected chi connectivity index (χ2v) is 6.64. The number of nitrogens with zero attached hydrogens (tertiary/aromatic N) is 1. The molecular formula is C23H18F2N2O. The molecule has 0 fully saturated rings. The molecule has 0 amide bonds. The van der Waals surface area contributed by atoms with E-state index in [1.165, 1.54) is 18.2 Å². The average Bonchev–Trinajstić information content (AvgIpc) is 2.69. The van der Waals surface area contributed by atoms with Crippen LogP contribution in [0.25, 0.3) is 10.9 Å². The highest BCUT2D eigenvalue weighted by Gasteiger charge is 2.21. The third-order valence-electron chi connectivity index (χ3n) is 4.67. The number of hydrogen-bond acceptors (Lipinski definition) is 3. The van der Waals surface area contributed by atoms with Crippen molar-refractivity contribution in [2.75, 3.05) is 5.32 Å². The summed E-state index contributed by atoms with van der Waals surface area (Å²) in [6, 6.07) is 18.9. The molecule has 0 aliphatic heterocycles. The number of hydrogen-bond donors (Lipinski definition) is 2. The summed E-state index contributed by atoms with van der Waals surface area (Å²) >= 11 is 0. The summed E-state index contributed by atoms with van der Waals surface area (Å²) in [7, 11) is 0. The van der Waals surface area contributed by atoms with E-state index in [1.54, 1.807) is 36.4 Å². The second kappa shape index (κ2) is 7.27. The van der Waals surface area contributed by atoms with E-state index in [4.69, 9.17) is 0 Å². The van der Waals surface area contributed by atoms with Crippen molar-refractivity contribution in [1.82, 2.24) is 4.98 Å². The molecule has 5 heteroatoms. The van der Waals surface area contributed by atoms with Crippen LogP contribution in [0.3, 0.4) is 0 Å². The van der Waals surface area contributed by atoms with E-state index in [2.05, 4.69) is 10.3 Å². The first-order valence-electron chi connectivity index (χ1n) is 8.88. The fraction of sp³-hybridized carbons (Fsp3) is 0.0870. The number of aromatic hydroxyl groups is 1. The van der Waals surface area contributed by atoms with Crippen LogP contribution in [0, 0.1) is 18.6 Å².